The van der Waals surface area contributed by atoms with E-state index in [-0.39, 0.29) is 0 Å². The fraction of sp³-hybridized carbons (Fsp3) is 0.308. The van der Waals surface area contributed by atoms with E-state index in [4.69, 9.17) is 5.84 Å². The fourth-order valence-corrected chi connectivity index (χ4v) is 2.15. The molecule has 2 aromatic rings. The number of nitrogen functional groups attached to an aromatic ring is 1. The van der Waals surface area contributed by atoms with Crippen LogP contribution in [0.2, 0.25) is 0 Å². The number of hydrazine groups is 1. The van der Waals surface area contributed by atoms with Crippen molar-refractivity contribution in [2.24, 2.45) is 5.84 Å². The smallest absolute Gasteiger partial charge is 0.243 e. The average Bonchev–Trinajstić information content (AvgIpc) is 2.49. The third kappa shape index (κ3) is 3.79. The molecule has 2 rings (SSSR count). The molecule has 0 saturated heterocycles. The van der Waals surface area contributed by atoms with Crippen LogP contribution in [0.15, 0.2) is 28.7 Å². The number of benzene rings is 1. The van der Waals surface area contributed by atoms with Gasteiger partial charge in [-0.15, -0.1) is 0 Å². The van der Waals surface area contributed by atoms with Gasteiger partial charge in [0, 0.05) is 32.2 Å². The summed E-state index contributed by atoms with van der Waals surface area (Å²) in [5.41, 5.74) is 3.62. The molecule has 8 heteroatoms. The Labute approximate surface area is 132 Å². The number of nitrogens with zero attached hydrogens (tertiary/aromatic N) is 5. The van der Waals surface area contributed by atoms with Gasteiger partial charge in [0.1, 0.15) is 0 Å². The molecule has 0 saturated carbocycles. The molecule has 7 nitrogen and oxygen atoms in total. The summed E-state index contributed by atoms with van der Waals surface area (Å²) in [7, 11) is 5.66. The highest BCUT2D eigenvalue weighted by atomic mass is 79.9. The van der Waals surface area contributed by atoms with Gasteiger partial charge in [0.05, 0.1) is 0 Å². The van der Waals surface area contributed by atoms with Crippen molar-refractivity contribution in [3.63, 3.8) is 0 Å². The minimum absolute atomic E-state index is 0.336. The summed E-state index contributed by atoms with van der Waals surface area (Å²) < 4.78 is 1.05. The third-order valence-electron chi connectivity index (χ3n) is 2.85. The van der Waals surface area contributed by atoms with Gasteiger partial charge in [-0.2, -0.15) is 15.0 Å². The Kier molecular flexibility index (Phi) is 4.92. The van der Waals surface area contributed by atoms with Crippen LogP contribution >= 0.6 is 15.9 Å². The van der Waals surface area contributed by atoms with Gasteiger partial charge in [-0.05, 0) is 11.6 Å². The van der Waals surface area contributed by atoms with Crippen LogP contribution in [-0.2, 0) is 6.54 Å². The summed E-state index contributed by atoms with van der Waals surface area (Å²) in [6, 6.07) is 8.04. The minimum atomic E-state index is 0.336. The minimum Gasteiger partial charge on any atom is -0.347 e. The highest BCUT2D eigenvalue weighted by molar-refractivity contribution is 9.10. The average molecular weight is 352 g/mol. The molecular formula is C13H18BrN7. The molecule has 21 heavy (non-hydrogen) atoms. The van der Waals surface area contributed by atoms with E-state index in [0.717, 1.165) is 10.0 Å². The van der Waals surface area contributed by atoms with Gasteiger partial charge in [-0.3, -0.25) is 5.43 Å². The molecule has 1 aromatic carbocycles. The lowest BCUT2D eigenvalue weighted by Crippen LogP contribution is -2.24. The number of halogens is 1. The van der Waals surface area contributed by atoms with Crippen LogP contribution in [0.25, 0.3) is 0 Å². The lowest BCUT2D eigenvalue weighted by atomic mass is 10.2. The molecule has 0 unspecified atom stereocenters. The monoisotopic (exact) mass is 351 g/mol. The third-order valence-corrected chi connectivity index (χ3v) is 3.62. The summed E-state index contributed by atoms with van der Waals surface area (Å²) >= 11 is 3.54. The first-order chi connectivity index (χ1) is 10.0. The van der Waals surface area contributed by atoms with E-state index < -0.39 is 0 Å². The first kappa shape index (κ1) is 15.5. The van der Waals surface area contributed by atoms with Gasteiger partial charge >= 0.3 is 0 Å². The normalized spacial score (nSPS) is 10.3. The van der Waals surface area contributed by atoms with Crippen molar-refractivity contribution in [2.75, 3.05) is 36.4 Å². The number of nitrogens with two attached hydrogens (primary N) is 1. The van der Waals surface area contributed by atoms with E-state index in [1.54, 1.807) is 4.90 Å². The zero-order valence-electron chi connectivity index (χ0n) is 12.2. The predicted molar refractivity (Wildman–Crippen MR) is 88.2 cm³/mol. The molecule has 1 aromatic heterocycles. The van der Waals surface area contributed by atoms with Gasteiger partial charge in [-0.1, -0.05) is 34.1 Å². The van der Waals surface area contributed by atoms with Crippen LogP contribution in [0.1, 0.15) is 5.56 Å². The summed E-state index contributed by atoms with van der Waals surface area (Å²) in [6.45, 7) is 0.669. The van der Waals surface area contributed by atoms with E-state index in [0.29, 0.717) is 24.4 Å². The van der Waals surface area contributed by atoms with E-state index in [2.05, 4.69) is 42.4 Å². The van der Waals surface area contributed by atoms with Gasteiger partial charge in [0.25, 0.3) is 0 Å². The molecule has 0 aliphatic rings. The fourth-order valence-electron chi connectivity index (χ4n) is 1.74. The van der Waals surface area contributed by atoms with Crippen LogP contribution in [-0.4, -0.2) is 36.1 Å². The molecule has 0 spiro atoms. The molecule has 0 fully saturated rings. The zero-order chi connectivity index (χ0) is 15.4. The van der Waals surface area contributed by atoms with E-state index >= 15 is 0 Å². The molecule has 0 aliphatic carbocycles. The Morgan fingerprint density at radius 2 is 1.76 bits per heavy atom. The number of hydrogen-bond donors (Lipinski definition) is 2. The Hall–Kier alpha value is -1.93. The number of hydrogen-bond acceptors (Lipinski definition) is 7. The van der Waals surface area contributed by atoms with Gasteiger partial charge < -0.3 is 9.80 Å². The topological polar surface area (TPSA) is 83.2 Å². The molecule has 0 radical (unpaired) electrons. The van der Waals surface area contributed by atoms with Crippen molar-refractivity contribution in [1.82, 2.24) is 15.0 Å². The van der Waals surface area contributed by atoms with Crippen molar-refractivity contribution in [3.05, 3.63) is 34.3 Å². The number of anilines is 3. The maximum absolute atomic E-state index is 5.42. The molecule has 1 heterocycles. The molecule has 0 atom stereocenters. The van der Waals surface area contributed by atoms with Gasteiger partial charge in [0.2, 0.25) is 17.8 Å². The van der Waals surface area contributed by atoms with E-state index in [1.165, 1.54) is 0 Å². The molecule has 0 bridgehead atoms. The molecular weight excluding hydrogens is 334 g/mol. The maximum Gasteiger partial charge on any atom is 0.243 e. The Morgan fingerprint density at radius 1 is 1.10 bits per heavy atom. The highest BCUT2D eigenvalue weighted by Crippen LogP contribution is 2.20. The molecule has 0 aliphatic heterocycles. The second-order valence-corrected chi connectivity index (χ2v) is 5.60. The van der Waals surface area contributed by atoms with Gasteiger partial charge in [-0.25, -0.2) is 5.84 Å². The molecule has 112 valence electrons. The largest absolute Gasteiger partial charge is 0.347 e. The summed E-state index contributed by atoms with van der Waals surface area (Å²) in [4.78, 5) is 16.6. The number of rotatable bonds is 5. The van der Waals surface area contributed by atoms with Crippen LogP contribution in [0.3, 0.4) is 0 Å². The van der Waals surface area contributed by atoms with Crippen molar-refractivity contribution >= 4 is 33.8 Å². The SMILES string of the molecule is CN(C)c1nc(NN)nc(N(C)Cc2ccccc2Br)n1. The summed E-state index contributed by atoms with van der Waals surface area (Å²) in [6.07, 6.45) is 0. The maximum atomic E-state index is 5.42. The van der Waals surface area contributed by atoms with Crippen LogP contribution in [0, 0.1) is 0 Å². The standard InChI is InChI=1S/C13H18BrN7/c1-20(2)12-16-11(19-15)17-13(18-12)21(3)8-9-6-4-5-7-10(9)14/h4-7H,8,15H2,1-3H3,(H,16,17,18,19). The van der Waals surface area contributed by atoms with Crippen molar-refractivity contribution in [3.8, 4) is 0 Å². The Balaban J connectivity index is 2.28. The first-order valence-electron chi connectivity index (χ1n) is 6.36. The van der Waals surface area contributed by atoms with E-state index in [1.807, 2.05) is 44.2 Å². The lowest BCUT2D eigenvalue weighted by Gasteiger charge is -2.20. The second-order valence-electron chi connectivity index (χ2n) is 4.75. The number of nitrogens with one attached hydrogen (secondary N) is 1. The van der Waals surface area contributed by atoms with Crippen LogP contribution < -0.4 is 21.1 Å². The molecule has 3 N–H and O–H groups in total. The quantitative estimate of drug-likeness (QED) is 0.625. The van der Waals surface area contributed by atoms with Crippen LogP contribution in [0.5, 0.6) is 0 Å². The van der Waals surface area contributed by atoms with E-state index in [9.17, 15) is 0 Å². The predicted octanol–water partition coefficient (Wildman–Crippen LogP) is 1.62. The van der Waals surface area contributed by atoms with Crippen LogP contribution in [0.4, 0.5) is 17.8 Å². The van der Waals surface area contributed by atoms with Gasteiger partial charge in [0.15, 0.2) is 0 Å². The summed E-state index contributed by atoms with van der Waals surface area (Å²) in [5.74, 6) is 6.85. The van der Waals surface area contributed by atoms with Crippen molar-refractivity contribution in [2.45, 2.75) is 6.54 Å². The number of aromatic nitrogens is 3. The first-order valence-corrected chi connectivity index (χ1v) is 7.15. The van der Waals surface area contributed by atoms with Crippen molar-refractivity contribution in [1.29, 1.82) is 0 Å². The summed E-state index contributed by atoms with van der Waals surface area (Å²) in [5, 5.41) is 0. The second kappa shape index (κ2) is 6.68. The zero-order valence-corrected chi connectivity index (χ0v) is 13.8. The highest BCUT2D eigenvalue weighted by Gasteiger charge is 2.12. The van der Waals surface area contributed by atoms with Crippen molar-refractivity contribution < 1.29 is 0 Å². The lowest BCUT2D eigenvalue weighted by molar-refractivity contribution is 0.840. The Bertz CT molecular complexity index is 617. The molecule has 0 amide bonds. The Morgan fingerprint density at radius 3 is 2.38 bits per heavy atom.